The van der Waals surface area contributed by atoms with Gasteiger partial charge in [0.1, 0.15) is 5.75 Å². The van der Waals surface area contributed by atoms with Crippen molar-refractivity contribution in [2.24, 2.45) is 0 Å². The highest BCUT2D eigenvalue weighted by Gasteiger charge is 2.21. The molecule has 3 N–H and O–H groups in total. The second kappa shape index (κ2) is 8.79. The van der Waals surface area contributed by atoms with Gasteiger partial charge in [-0.2, -0.15) is 0 Å². The van der Waals surface area contributed by atoms with Crippen molar-refractivity contribution in [3.05, 3.63) is 54.1 Å². The fraction of sp³-hybridized carbons (Fsp3) is 0.318. The van der Waals surface area contributed by atoms with Gasteiger partial charge in [-0.15, -0.1) is 10.2 Å². The quantitative estimate of drug-likeness (QED) is 0.456. The fourth-order valence-electron chi connectivity index (χ4n) is 2.80. The van der Waals surface area contributed by atoms with Gasteiger partial charge in [0.15, 0.2) is 5.82 Å². The van der Waals surface area contributed by atoms with Crippen molar-refractivity contribution in [1.82, 2.24) is 14.9 Å². The van der Waals surface area contributed by atoms with Gasteiger partial charge < -0.3 is 15.9 Å². The van der Waals surface area contributed by atoms with Crippen LogP contribution in [0.2, 0.25) is 0 Å². The lowest BCUT2D eigenvalue weighted by atomic mass is 9.87. The molecule has 0 saturated heterocycles. The third-order valence-electron chi connectivity index (χ3n) is 4.68. The summed E-state index contributed by atoms with van der Waals surface area (Å²) >= 11 is 1.26. The van der Waals surface area contributed by atoms with Crippen molar-refractivity contribution in [2.45, 2.75) is 43.5 Å². The highest BCUT2D eigenvalue weighted by atomic mass is 32.2. The smallest absolute Gasteiger partial charge is 0.237 e. The van der Waals surface area contributed by atoms with E-state index in [1.807, 2.05) is 12.1 Å². The zero-order valence-corrected chi connectivity index (χ0v) is 18.7. The second-order valence-electron chi connectivity index (χ2n) is 7.98. The van der Waals surface area contributed by atoms with E-state index < -0.39 is 5.25 Å². The molecule has 0 bridgehead atoms. The number of carbonyl (C=O) groups is 1. The summed E-state index contributed by atoms with van der Waals surface area (Å²) in [4.78, 5) is 12.5. The number of nitrogens with two attached hydrogens (primary N) is 1. The van der Waals surface area contributed by atoms with Gasteiger partial charge in [-0.3, -0.25) is 4.79 Å². The number of rotatable bonds is 6. The molecule has 1 atom stereocenters. The van der Waals surface area contributed by atoms with Crippen LogP contribution >= 0.6 is 11.8 Å². The van der Waals surface area contributed by atoms with Crippen molar-refractivity contribution in [3.63, 3.8) is 0 Å². The van der Waals surface area contributed by atoms with Crippen LogP contribution in [0, 0.1) is 0 Å². The average molecular weight is 426 g/mol. The van der Waals surface area contributed by atoms with Crippen LogP contribution in [0.25, 0.3) is 11.4 Å². The molecule has 0 aliphatic rings. The average Bonchev–Trinajstić information content (AvgIpc) is 3.08. The number of hydrogen-bond donors (Lipinski definition) is 2. The lowest BCUT2D eigenvalue weighted by Gasteiger charge is -2.19. The molecule has 0 aliphatic heterocycles. The molecule has 30 heavy (non-hydrogen) atoms. The van der Waals surface area contributed by atoms with E-state index in [9.17, 15) is 4.79 Å². The monoisotopic (exact) mass is 425 g/mol. The number of nitrogens with zero attached hydrogens (tertiary/aromatic N) is 3. The summed E-state index contributed by atoms with van der Waals surface area (Å²) in [6.07, 6.45) is 0. The summed E-state index contributed by atoms with van der Waals surface area (Å²) in [5.74, 6) is 7.36. The Morgan fingerprint density at radius 2 is 1.73 bits per heavy atom. The lowest BCUT2D eigenvalue weighted by Crippen LogP contribution is -2.23. The molecule has 1 amide bonds. The van der Waals surface area contributed by atoms with E-state index in [0.717, 1.165) is 11.3 Å². The zero-order chi connectivity index (χ0) is 21.9. The first-order valence-electron chi connectivity index (χ1n) is 9.62. The third kappa shape index (κ3) is 4.94. The summed E-state index contributed by atoms with van der Waals surface area (Å²) in [5.41, 5.74) is 2.87. The van der Waals surface area contributed by atoms with E-state index in [-0.39, 0.29) is 11.3 Å². The number of hydrogen-bond acceptors (Lipinski definition) is 6. The molecule has 0 unspecified atom stereocenters. The van der Waals surface area contributed by atoms with Crippen LogP contribution < -0.4 is 15.9 Å². The predicted octanol–water partition coefficient (Wildman–Crippen LogP) is 4.08. The number of aromatic nitrogens is 3. The van der Waals surface area contributed by atoms with Gasteiger partial charge in [-0.05, 0) is 42.2 Å². The van der Waals surface area contributed by atoms with Crippen LogP contribution in [0.15, 0.2) is 53.7 Å². The van der Waals surface area contributed by atoms with E-state index in [4.69, 9.17) is 10.6 Å². The topological polar surface area (TPSA) is 95.1 Å². The number of anilines is 1. The van der Waals surface area contributed by atoms with Crippen LogP contribution in [0.3, 0.4) is 0 Å². The maximum absolute atomic E-state index is 12.5. The highest BCUT2D eigenvalue weighted by Crippen LogP contribution is 2.28. The molecule has 0 saturated carbocycles. The predicted molar refractivity (Wildman–Crippen MR) is 121 cm³/mol. The van der Waals surface area contributed by atoms with Crippen LogP contribution in [-0.2, 0) is 10.2 Å². The molecular formula is C22H27N5O2S. The van der Waals surface area contributed by atoms with E-state index in [2.05, 4.69) is 48.4 Å². The number of nitrogens with one attached hydrogen (secondary N) is 1. The lowest BCUT2D eigenvalue weighted by molar-refractivity contribution is -0.115. The normalized spacial score (nSPS) is 12.4. The van der Waals surface area contributed by atoms with Gasteiger partial charge in [-0.25, -0.2) is 4.68 Å². The molecule has 0 spiro atoms. The molecule has 0 fully saturated rings. The molecule has 2 aromatic carbocycles. The molecule has 1 heterocycles. The first-order chi connectivity index (χ1) is 14.2. The van der Waals surface area contributed by atoms with Gasteiger partial charge in [0.2, 0.25) is 11.1 Å². The number of methoxy groups -OCH3 is 1. The second-order valence-corrected chi connectivity index (χ2v) is 9.29. The van der Waals surface area contributed by atoms with Gasteiger partial charge in [-0.1, -0.05) is 56.8 Å². The Morgan fingerprint density at radius 1 is 1.10 bits per heavy atom. The maximum Gasteiger partial charge on any atom is 0.237 e. The minimum Gasteiger partial charge on any atom is -0.497 e. The molecule has 0 radical (unpaired) electrons. The van der Waals surface area contributed by atoms with Gasteiger partial charge >= 0.3 is 0 Å². The van der Waals surface area contributed by atoms with Crippen molar-refractivity contribution in [1.29, 1.82) is 0 Å². The number of carbonyl (C=O) groups excluding carboxylic acids is 1. The Bertz CT molecular complexity index is 1010. The molecular weight excluding hydrogens is 398 g/mol. The Kier molecular flexibility index (Phi) is 6.36. The SMILES string of the molecule is COc1ccc(NC(=O)[C@@H](C)Sc2nnc(-c3ccc(C(C)(C)C)cc3)n2N)cc1. The third-order valence-corrected chi connectivity index (χ3v) is 5.74. The summed E-state index contributed by atoms with van der Waals surface area (Å²) in [7, 11) is 1.60. The Labute approximate surface area is 181 Å². The van der Waals surface area contributed by atoms with Gasteiger partial charge in [0.05, 0.1) is 12.4 Å². The molecule has 158 valence electrons. The minimum absolute atomic E-state index is 0.0720. The Balaban J connectivity index is 1.68. The molecule has 0 aliphatic carbocycles. The van der Waals surface area contributed by atoms with Crippen LogP contribution in [0.5, 0.6) is 5.75 Å². The number of ether oxygens (including phenoxy) is 1. The van der Waals surface area contributed by atoms with Crippen molar-refractivity contribution < 1.29 is 9.53 Å². The number of benzene rings is 2. The van der Waals surface area contributed by atoms with Crippen molar-refractivity contribution in [2.75, 3.05) is 18.3 Å². The van der Waals surface area contributed by atoms with E-state index >= 15 is 0 Å². The molecule has 3 aromatic rings. The highest BCUT2D eigenvalue weighted by molar-refractivity contribution is 8.00. The fourth-order valence-corrected chi connectivity index (χ4v) is 3.57. The van der Waals surface area contributed by atoms with E-state index in [0.29, 0.717) is 16.7 Å². The Hall–Kier alpha value is -3.00. The van der Waals surface area contributed by atoms with Crippen molar-refractivity contribution >= 4 is 23.4 Å². The van der Waals surface area contributed by atoms with Crippen molar-refractivity contribution in [3.8, 4) is 17.1 Å². The minimum atomic E-state index is -0.408. The molecule has 8 heteroatoms. The Morgan fingerprint density at radius 3 is 2.30 bits per heavy atom. The van der Waals surface area contributed by atoms with Gasteiger partial charge in [0, 0.05) is 11.3 Å². The summed E-state index contributed by atoms with van der Waals surface area (Å²) in [6.45, 7) is 8.30. The van der Waals surface area contributed by atoms with E-state index in [1.54, 1.807) is 38.3 Å². The summed E-state index contributed by atoms with van der Waals surface area (Å²) in [6, 6.07) is 15.3. The molecule has 7 nitrogen and oxygen atoms in total. The number of amides is 1. The first kappa shape index (κ1) is 21.7. The zero-order valence-electron chi connectivity index (χ0n) is 17.8. The number of thioether (sulfide) groups is 1. The largest absolute Gasteiger partial charge is 0.497 e. The molecule has 1 aromatic heterocycles. The summed E-state index contributed by atoms with van der Waals surface area (Å²) in [5, 5.41) is 11.3. The number of nitrogen functional groups attached to an aromatic ring is 1. The van der Waals surface area contributed by atoms with Crippen LogP contribution in [0.4, 0.5) is 5.69 Å². The first-order valence-corrected chi connectivity index (χ1v) is 10.5. The molecule has 3 rings (SSSR count). The van der Waals surface area contributed by atoms with Gasteiger partial charge in [0.25, 0.3) is 0 Å². The summed E-state index contributed by atoms with van der Waals surface area (Å²) < 4.78 is 6.55. The standard InChI is InChI=1S/C22H27N5O2S/c1-14(20(28)24-17-10-12-18(29-5)13-11-17)30-21-26-25-19(27(21)23)15-6-8-16(9-7-15)22(2,3)4/h6-14H,23H2,1-5H3,(H,24,28)/t14-/m1/s1. The van der Waals surface area contributed by atoms with Crippen LogP contribution in [0.1, 0.15) is 33.3 Å². The maximum atomic E-state index is 12.5. The van der Waals surface area contributed by atoms with E-state index in [1.165, 1.54) is 22.0 Å². The van der Waals surface area contributed by atoms with Crippen LogP contribution in [-0.4, -0.2) is 33.1 Å².